The van der Waals surface area contributed by atoms with Crippen molar-refractivity contribution in [2.24, 2.45) is 0 Å². The lowest BCUT2D eigenvalue weighted by atomic mass is 10.2. The van der Waals surface area contributed by atoms with Crippen LogP contribution in [0.15, 0.2) is 18.2 Å². The van der Waals surface area contributed by atoms with Crippen LogP contribution >= 0.6 is 22.6 Å². The molecular formula is C10H11IN2O5S. The van der Waals surface area contributed by atoms with Crippen LogP contribution in [0.5, 0.6) is 0 Å². The van der Waals surface area contributed by atoms with Crippen LogP contribution in [0.4, 0.5) is 5.69 Å². The lowest BCUT2D eigenvalue weighted by Crippen LogP contribution is -2.29. The van der Waals surface area contributed by atoms with E-state index >= 15 is 0 Å². The highest BCUT2D eigenvalue weighted by atomic mass is 127. The molecule has 19 heavy (non-hydrogen) atoms. The highest BCUT2D eigenvalue weighted by Gasteiger charge is 2.15. The first-order valence-electron chi connectivity index (χ1n) is 5.10. The molecule has 0 atom stereocenters. The molecule has 0 fully saturated rings. The van der Waals surface area contributed by atoms with Crippen LogP contribution in [0, 0.1) is 13.7 Å². The number of nitrogens with one attached hydrogen (secondary N) is 1. The fourth-order valence-corrected chi connectivity index (χ4v) is 2.30. The number of halogens is 1. The molecule has 0 heterocycles. The van der Waals surface area contributed by atoms with E-state index < -0.39 is 20.7 Å². The highest BCUT2D eigenvalue weighted by molar-refractivity contribution is 14.1. The summed E-state index contributed by atoms with van der Waals surface area (Å²) >= 11 is 1.88. The average Bonchev–Trinajstić information content (AvgIpc) is 2.27. The molecule has 0 bridgehead atoms. The first-order valence-corrected chi connectivity index (χ1v) is 8.24. The van der Waals surface area contributed by atoms with Gasteiger partial charge in [-0.1, -0.05) is 0 Å². The third-order valence-electron chi connectivity index (χ3n) is 2.16. The van der Waals surface area contributed by atoms with Crippen molar-refractivity contribution < 1.29 is 18.1 Å². The van der Waals surface area contributed by atoms with Crippen molar-refractivity contribution in [1.29, 1.82) is 0 Å². The number of carbonyl (C=O) groups excluding carboxylic acids is 1. The minimum Gasteiger partial charge on any atom is -0.351 e. The molecule has 1 amide bonds. The van der Waals surface area contributed by atoms with E-state index in [4.69, 9.17) is 0 Å². The second-order valence-corrected chi connectivity index (χ2v) is 7.23. The van der Waals surface area contributed by atoms with E-state index in [2.05, 4.69) is 5.32 Å². The van der Waals surface area contributed by atoms with E-state index in [9.17, 15) is 23.3 Å². The number of nitro benzene ring substituents is 1. The molecule has 0 aromatic heterocycles. The maximum atomic E-state index is 11.8. The van der Waals surface area contributed by atoms with Gasteiger partial charge in [0.25, 0.3) is 11.6 Å². The van der Waals surface area contributed by atoms with Gasteiger partial charge in [-0.15, -0.1) is 0 Å². The highest BCUT2D eigenvalue weighted by Crippen LogP contribution is 2.19. The molecule has 0 saturated carbocycles. The topological polar surface area (TPSA) is 106 Å². The van der Waals surface area contributed by atoms with Crippen molar-refractivity contribution in [3.05, 3.63) is 37.4 Å². The van der Waals surface area contributed by atoms with Crippen LogP contribution < -0.4 is 5.32 Å². The second kappa shape index (κ2) is 6.28. The van der Waals surface area contributed by atoms with E-state index in [-0.39, 0.29) is 23.5 Å². The second-order valence-electron chi connectivity index (χ2n) is 3.81. The molecule has 0 saturated heterocycles. The van der Waals surface area contributed by atoms with Gasteiger partial charge >= 0.3 is 0 Å². The molecule has 9 heteroatoms. The number of nitrogens with zero attached hydrogens (tertiary/aromatic N) is 1. The molecule has 0 aliphatic rings. The SMILES string of the molecule is CS(=O)(=O)CCNC(=O)c1cc([N+](=O)[O-])ccc1I. The Kier molecular flexibility index (Phi) is 5.23. The molecule has 0 unspecified atom stereocenters. The van der Waals surface area contributed by atoms with Gasteiger partial charge in [0.15, 0.2) is 0 Å². The van der Waals surface area contributed by atoms with E-state index in [0.717, 1.165) is 12.3 Å². The Labute approximate surface area is 123 Å². The summed E-state index contributed by atoms with van der Waals surface area (Å²) in [5, 5.41) is 13.0. The molecular weight excluding hydrogens is 387 g/mol. The molecule has 0 spiro atoms. The first kappa shape index (κ1) is 15.8. The van der Waals surface area contributed by atoms with Gasteiger partial charge in [0.05, 0.1) is 16.2 Å². The van der Waals surface area contributed by atoms with Crippen LogP contribution in [-0.4, -0.2) is 37.8 Å². The fourth-order valence-electron chi connectivity index (χ4n) is 1.25. The van der Waals surface area contributed by atoms with Gasteiger partial charge in [0.2, 0.25) is 0 Å². The Morgan fingerprint density at radius 2 is 2.11 bits per heavy atom. The summed E-state index contributed by atoms with van der Waals surface area (Å²) in [7, 11) is -3.16. The Balaban J connectivity index is 2.82. The number of sulfone groups is 1. The summed E-state index contributed by atoms with van der Waals surface area (Å²) in [5.74, 6) is -0.707. The van der Waals surface area contributed by atoms with Crippen LogP contribution in [0.25, 0.3) is 0 Å². The van der Waals surface area contributed by atoms with Gasteiger partial charge in [0, 0.05) is 28.5 Å². The lowest BCUT2D eigenvalue weighted by Gasteiger charge is -2.06. The van der Waals surface area contributed by atoms with E-state index in [1.54, 1.807) is 0 Å². The van der Waals surface area contributed by atoms with Gasteiger partial charge in [-0.25, -0.2) is 8.42 Å². The molecule has 0 aliphatic heterocycles. The van der Waals surface area contributed by atoms with Crippen LogP contribution in [0.1, 0.15) is 10.4 Å². The summed E-state index contributed by atoms with van der Waals surface area (Å²) in [6, 6.07) is 3.93. The number of hydrogen-bond donors (Lipinski definition) is 1. The number of hydrogen-bond acceptors (Lipinski definition) is 5. The summed E-state index contributed by atoms with van der Waals surface area (Å²) < 4.78 is 22.4. The predicted molar refractivity (Wildman–Crippen MR) is 77.9 cm³/mol. The number of amides is 1. The van der Waals surface area contributed by atoms with Crippen molar-refractivity contribution in [1.82, 2.24) is 5.32 Å². The monoisotopic (exact) mass is 398 g/mol. The zero-order chi connectivity index (χ0) is 14.6. The number of benzene rings is 1. The molecule has 104 valence electrons. The Morgan fingerprint density at radius 1 is 1.47 bits per heavy atom. The van der Waals surface area contributed by atoms with Crippen molar-refractivity contribution in [2.45, 2.75) is 0 Å². The van der Waals surface area contributed by atoms with Crippen molar-refractivity contribution in [3.8, 4) is 0 Å². The van der Waals surface area contributed by atoms with E-state index in [0.29, 0.717) is 3.57 Å². The van der Waals surface area contributed by atoms with Gasteiger partial charge < -0.3 is 5.32 Å². The molecule has 1 rings (SSSR count). The maximum absolute atomic E-state index is 11.8. The summed E-state index contributed by atoms with van der Waals surface area (Å²) in [5.41, 5.74) is -0.0306. The number of non-ortho nitro benzene ring substituents is 1. The van der Waals surface area contributed by atoms with Gasteiger partial charge in [-0.3, -0.25) is 14.9 Å². The first-order chi connectivity index (χ1) is 8.70. The fraction of sp³-hybridized carbons (Fsp3) is 0.300. The van der Waals surface area contributed by atoms with Crippen LogP contribution in [-0.2, 0) is 9.84 Å². The summed E-state index contributed by atoms with van der Waals surface area (Å²) in [6.07, 6.45) is 1.07. The Morgan fingerprint density at radius 3 is 2.63 bits per heavy atom. The van der Waals surface area contributed by atoms with Gasteiger partial charge in [0.1, 0.15) is 9.84 Å². The van der Waals surface area contributed by atoms with Gasteiger partial charge in [-0.2, -0.15) is 0 Å². The Hall–Kier alpha value is -1.23. The third-order valence-corrected chi connectivity index (χ3v) is 4.05. The molecule has 1 aromatic rings. The van der Waals surface area contributed by atoms with Crippen molar-refractivity contribution >= 4 is 44.0 Å². The molecule has 1 aromatic carbocycles. The third kappa shape index (κ3) is 5.11. The number of nitro groups is 1. The Bertz CT molecular complexity index is 614. The molecule has 0 radical (unpaired) electrons. The largest absolute Gasteiger partial charge is 0.351 e. The molecule has 0 aliphatic carbocycles. The predicted octanol–water partition coefficient (Wildman–Crippen LogP) is 0.974. The minimum atomic E-state index is -3.16. The van der Waals surface area contributed by atoms with Crippen LogP contribution in [0.3, 0.4) is 0 Å². The summed E-state index contributed by atoms with van der Waals surface area (Å²) in [6.45, 7) is -0.0313. The standard InChI is InChI=1S/C10H11IN2O5S/c1-19(17,18)5-4-12-10(14)8-6-7(13(15)16)2-3-9(8)11/h2-3,6H,4-5H2,1H3,(H,12,14). The average molecular weight is 398 g/mol. The number of carbonyl (C=O) groups is 1. The number of rotatable bonds is 5. The zero-order valence-corrected chi connectivity index (χ0v) is 12.9. The normalized spacial score (nSPS) is 11.1. The minimum absolute atomic E-state index is 0.0313. The smallest absolute Gasteiger partial charge is 0.270 e. The summed E-state index contributed by atoms with van der Waals surface area (Å²) in [4.78, 5) is 21.8. The zero-order valence-electron chi connectivity index (χ0n) is 9.92. The van der Waals surface area contributed by atoms with Gasteiger partial charge in [-0.05, 0) is 28.7 Å². The van der Waals surface area contributed by atoms with Crippen molar-refractivity contribution in [3.63, 3.8) is 0 Å². The van der Waals surface area contributed by atoms with Crippen LogP contribution in [0.2, 0.25) is 0 Å². The quantitative estimate of drug-likeness (QED) is 0.452. The van der Waals surface area contributed by atoms with Crippen molar-refractivity contribution in [2.75, 3.05) is 18.6 Å². The van der Waals surface area contributed by atoms with E-state index in [1.807, 2.05) is 22.6 Å². The molecule has 1 N–H and O–H groups in total. The lowest BCUT2D eigenvalue weighted by molar-refractivity contribution is -0.384. The maximum Gasteiger partial charge on any atom is 0.270 e. The van der Waals surface area contributed by atoms with E-state index in [1.165, 1.54) is 12.1 Å². The molecule has 7 nitrogen and oxygen atoms in total.